The molecule has 0 aromatic carbocycles. The minimum Gasteiger partial charge on any atom is -0.373 e. The third-order valence-electron chi connectivity index (χ3n) is 2.92. The summed E-state index contributed by atoms with van der Waals surface area (Å²) < 4.78 is 19.4. The molecule has 2 N–H and O–H groups in total. The highest BCUT2D eigenvalue weighted by atomic mass is 19.1. The van der Waals surface area contributed by atoms with E-state index in [0.29, 0.717) is 31.2 Å². The van der Waals surface area contributed by atoms with E-state index in [2.05, 4.69) is 9.97 Å². The van der Waals surface area contributed by atoms with E-state index in [0.717, 1.165) is 0 Å². The number of rotatable bonds is 2. The SMILES string of the molecule is Cc1ncnc(N2CCOC(C(C)N)C2)c1F. The maximum absolute atomic E-state index is 13.9. The molecule has 1 aromatic heterocycles. The van der Waals surface area contributed by atoms with Gasteiger partial charge in [0.15, 0.2) is 11.6 Å². The number of morpholine rings is 1. The lowest BCUT2D eigenvalue weighted by molar-refractivity contribution is 0.0271. The molecule has 0 spiro atoms. The molecule has 2 rings (SSSR count). The molecule has 1 aliphatic heterocycles. The van der Waals surface area contributed by atoms with Crippen molar-refractivity contribution in [3.8, 4) is 0 Å². The second kappa shape index (κ2) is 4.93. The van der Waals surface area contributed by atoms with Crippen molar-refractivity contribution in [1.82, 2.24) is 9.97 Å². The van der Waals surface area contributed by atoms with Crippen molar-refractivity contribution in [2.24, 2.45) is 5.73 Å². The molecule has 2 atom stereocenters. The first-order valence-corrected chi connectivity index (χ1v) is 5.69. The number of hydrogen-bond acceptors (Lipinski definition) is 5. The fourth-order valence-electron chi connectivity index (χ4n) is 1.85. The number of hydrogen-bond donors (Lipinski definition) is 1. The lowest BCUT2D eigenvalue weighted by atomic mass is 10.1. The standard InChI is InChI=1S/C11H17FN4O/c1-7(13)9-5-16(3-4-17-9)11-10(12)8(2)14-6-15-11/h6-7,9H,3-5,13H2,1-2H3. The molecular weight excluding hydrogens is 223 g/mol. The van der Waals surface area contributed by atoms with E-state index in [4.69, 9.17) is 10.5 Å². The van der Waals surface area contributed by atoms with Gasteiger partial charge in [-0.1, -0.05) is 0 Å². The summed E-state index contributed by atoms with van der Waals surface area (Å²) in [5, 5.41) is 0. The van der Waals surface area contributed by atoms with Crippen LogP contribution in [0.1, 0.15) is 12.6 Å². The van der Waals surface area contributed by atoms with Gasteiger partial charge < -0.3 is 15.4 Å². The van der Waals surface area contributed by atoms with Crippen LogP contribution in [0.2, 0.25) is 0 Å². The van der Waals surface area contributed by atoms with E-state index < -0.39 is 0 Å². The molecule has 0 radical (unpaired) electrons. The van der Waals surface area contributed by atoms with Gasteiger partial charge in [0.2, 0.25) is 0 Å². The predicted molar refractivity (Wildman–Crippen MR) is 62.3 cm³/mol. The summed E-state index contributed by atoms with van der Waals surface area (Å²) in [7, 11) is 0. The summed E-state index contributed by atoms with van der Waals surface area (Å²) in [6.45, 7) is 5.23. The first-order valence-electron chi connectivity index (χ1n) is 5.69. The van der Waals surface area contributed by atoms with Crippen LogP contribution in [-0.4, -0.2) is 41.8 Å². The van der Waals surface area contributed by atoms with Crippen molar-refractivity contribution in [2.45, 2.75) is 26.0 Å². The van der Waals surface area contributed by atoms with Crippen molar-refractivity contribution < 1.29 is 9.13 Å². The van der Waals surface area contributed by atoms with Gasteiger partial charge in [0.1, 0.15) is 6.33 Å². The Morgan fingerprint density at radius 2 is 2.35 bits per heavy atom. The molecule has 2 unspecified atom stereocenters. The number of aromatic nitrogens is 2. The van der Waals surface area contributed by atoms with Crippen LogP contribution in [0.4, 0.5) is 10.2 Å². The van der Waals surface area contributed by atoms with Gasteiger partial charge in [-0.3, -0.25) is 0 Å². The van der Waals surface area contributed by atoms with Crippen LogP contribution in [0.25, 0.3) is 0 Å². The zero-order valence-electron chi connectivity index (χ0n) is 10.1. The maximum atomic E-state index is 13.9. The molecule has 1 fully saturated rings. The van der Waals surface area contributed by atoms with Crippen LogP contribution in [0, 0.1) is 12.7 Å². The number of aryl methyl sites for hydroxylation is 1. The summed E-state index contributed by atoms with van der Waals surface area (Å²) in [6, 6.07) is -0.0798. The summed E-state index contributed by atoms with van der Waals surface area (Å²) in [5.74, 6) is -0.0238. The number of anilines is 1. The zero-order chi connectivity index (χ0) is 12.4. The van der Waals surface area contributed by atoms with E-state index in [1.54, 1.807) is 6.92 Å². The number of nitrogens with zero attached hydrogens (tertiary/aromatic N) is 3. The topological polar surface area (TPSA) is 64.3 Å². The molecule has 17 heavy (non-hydrogen) atoms. The van der Waals surface area contributed by atoms with Gasteiger partial charge in [-0.2, -0.15) is 0 Å². The Morgan fingerprint density at radius 1 is 1.59 bits per heavy atom. The molecule has 5 nitrogen and oxygen atoms in total. The minimum absolute atomic E-state index is 0.0798. The number of ether oxygens (including phenoxy) is 1. The lowest BCUT2D eigenvalue weighted by Gasteiger charge is -2.35. The van der Waals surface area contributed by atoms with Crippen LogP contribution < -0.4 is 10.6 Å². The molecule has 6 heteroatoms. The normalized spacial score (nSPS) is 22.6. The quantitative estimate of drug-likeness (QED) is 0.814. The van der Waals surface area contributed by atoms with Gasteiger partial charge in [0.05, 0.1) is 18.4 Å². The Bertz CT molecular complexity index is 399. The first-order chi connectivity index (χ1) is 8.09. The fraction of sp³-hybridized carbons (Fsp3) is 0.636. The Morgan fingerprint density at radius 3 is 3.06 bits per heavy atom. The van der Waals surface area contributed by atoms with Gasteiger partial charge in [0, 0.05) is 19.1 Å². The lowest BCUT2D eigenvalue weighted by Crippen LogP contribution is -2.50. The van der Waals surface area contributed by atoms with E-state index in [1.165, 1.54) is 6.33 Å². The number of halogens is 1. The van der Waals surface area contributed by atoms with E-state index in [1.807, 2.05) is 11.8 Å². The third-order valence-corrected chi connectivity index (χ3v) is 2.92. The smallest absolute Gasteiger partial charge is 0.186 e. The summed E-state index contributed by atoms with van der Waals surface area (Å²) in [5.41, 5.74) is 6.16. The summed E-state index contributed by atoms with van der Waals surface area (Å²) >= 11 is 0. The average Bonchev–Trinajstić information content (AvgIpc) is 2.33. The van der Waals surface area contributed by atoms with Crippen molar-refractivity contribution in [3.05, 3.63) is 17.8 Å². The molecule has 1 aliphatic rings. The molecule has 1 aromatic rings. The second-order valence-corrected chi connectivity index (χ2v) is 4.31. The Kier molecular flexibility index (Phi) is 3.54. The fourth-order valence-corrected chi connectivity index (χ4v) is 1.85. The van der Waals surface area contributed by atoms with Crippen LogP contribution in [0.5, 0.6) is 0 Å². The molecule has 1 saturated heterocycles. The van der Waals surface area contributed by atoms with Crippen LogP contribution in [-0.2, 0) is 4.74 Å². The summed E-state index contributed by atoms with van der Waals surface area (Å²) in [6.07, 6.45) is 1.29. The van der Waals surface area contributed by atoms with Gasteiger partial charge in [-0.15, -0.1) is 0 Å². The van der Waals surface area contributed by atoms with Crippen molar-refractivity contribution in [1.29, 1.82) is 0 Å². The molecule has 94 valence electrons. The molecule has 0 aliphatic carbocycles. The molecular formula is C11H17FN4O. The highest BCUT2D eigenvalue weighted by molar-refractivity contribution is 5.41. The molecule has 0 amide bonds. The molecule has 0 saturated carbocycles. The van der Waals surface area contributed by atoms with Gasteiger partial charge in [-0.25, -0.2) is 14.4 Å². The minimum atomic E-state index is -0.363. The van der Waals surface area contributed by atoms with Gasteiger partial charge in [-0.05, 0) is 13.8 Å². The third kappa shape index (κ3) is 2.53. The largest absolute Gasteiger partial charge is 0.373 e. The molecule has 0 bridgehead atoms. The van der Waals surface area contributed by atoms with Gasteiger partial charge >= 0.3 is 0 Å². The summed E-state index contributed by atoms with van der Waals surface area (Å²) in [4.78, 5) is 9.68. The van der Waals surface area contributed by atoms with E-state index >= 15 is 0 Å². The number of nitrogens with two attached hydrogens (primary N) is 1. The zero-order valence-corrected chi connectivity index (χ0v) is 10.1. The Hall–Kier alpha value is -1.27. The van der Waals surface area contributed by atoms with Gasteiger partial charge in [0.25, 0.3) is 0 Å². The van der Waals surface area contributed by atoms with Crippen molar-refractivity contribution in [2.75, 3.05) is 24.6 Å². The Labute approximate surface area is 99.8 Å². The van der Waals surface area contributed by atoms with E-state index in [-0.39, 0.29) is 18.0 Å². The Balaban J connectivity index is 2.19. The predicted octanol–water partition coefficient (Wildman–Crippen LogP) is 0.477. The highest BCUT2D eigenvalue weighted by Gasteiger charge is 2.26. The monoisotopic (exact) mass is 240 g/mol. The van der Waals surface area contributed by atoms with Crippen molar-refractivity contribution in [3.63, 3.8) is 0 Å². The van der Waals surface area contributed by atoms with Crippen LogP contribution in [0.3, 0.4) is 0 Å². The maximum Gasteiger partial charge on any atom is 0.186 e. The molecule has 2 heterocycles. The van der Waals surface area contributed by atoms with Crippen LogP contribution >= 0.6 is 0 Å². The van der Waals surface area contributed by atoms with Crippen molar-refractivity contribution >= 4 is 5.82 Å². The van der Waals surface area contributed by atoms with E-state index in [9.17, 15) is 4.39 Å². The first kappa shape index (κ1) is 12.2. The highest BCUT2D eigenvalue weighted by Crippen LogP contribution is 2.20. The van der Waals surface area contributed by atoms with Crippen LogP contribution in [0.15, 0.2) is 6.33 Å². The average molecular weight is 240 g/mol. The second-order valence-electron chi connectivity index (χ2n) is 4.31.